The third-order valence-corrected chi connectivity index (χ3v) is 4.50. The van der Waals surface area contributed by atoms with Crippen LogP contribution >= 0.6 is 11.6 Å². The molecule has 1 aromatic rings. The predicted molar refractivity (Wildman–Crippen MR) is 66.9 cm³/mol. The smallest absolute Gasteiger partial charge is 0.339 e. The standard InChI is InChI=1S/C10H12ClNO6S/c1-12(18-3)19(15,16)9-5-8(17-2)6(10(13)14)4-7(9)11/h4-5H,1-3H3,(H,13,14). The number of sulfonamides is 1. The van der Waals surface area contributed by atoms with Gasteiger partial charge in [-0.1, -0.05) is 16.1 Å². The van der Waals surface area contributed by atoms with Gasteiger partial charge in [-0.3, -0.25) is 4.84 Å². The van der Waals surface area contributed by atoms with Crippen molar-refractivity contribution in [3.8, 4) is 5.75 Å². The molecule has 0 atom stereocenters. The minimum Gasteiger partial charge on any atom is -0.496 e. The third kappa shape index (κ3) is 2.98. The fourth-order valence-electron chi connectivity index (χ4n) is 1.31. The van der Waals surface area contributed by atoms with Crippen molar-refractivity contribution >= 4 is 27.6 Å². The molecule has 0 aliphatic rings. The van der Waals surface area contributed by atoms with Crippen LogP contribution in [-0.2, 0) is 14.9 Å². The molecule has 7 nitrogen and oxygen atoms in total. The first kappa shape index (κ1) is 15.7. The van der Waals surface area contributed by atoms with Crippen molar-refractivity contribution < 1.29 is 27.9 Å². The Balaban J connectivity index is 3.52. The van der Waals surface area contributed by atoms with Crippen molar-refractivity contribution in [2.24, 2.45) is 0 Å². The fourth-order valence-corrected chi connectivity index (χ4v) is 2.80. The van der Waals surface area contributed by atoms with Gasteiger partial charge >= 0.3 is 5.97 Å². The average Bonchev–Trinajstić information content (AvgIpc) is 2.36. The van der Waals surface area contributed by atoms with Gasteiger partial charge in [0.25, 0.3) is 10.0 Å². The average molecular weight is 310 g/mol. The first-order chi connectivity index (χ1) is 8.75. The van der Waals surface area contributed by atoms with Crippen LogP contribution in [0.1, 0.15) is 10.4 Å². The number of ether oxygens (including phenoxy) is 1. The molecule has 19 heavy (non-hydrogen) atoms. The second-order valence-corrected chi connectivity index (χ2v) is 5.70. The molecule has 0 bridgehead atoms. The summed E-state index contributed by atoms with van der Waals surface area (Å²) in [6, 6.07) is 2.05. The van der Waals surface area contributed by atoms with Crippen LogP contribution < -0.4 is 4.74 Å². The van der Waals surface area contributed by atoms with Gasteiger partial charge in [-0.2, -0.15) is 0 Å². The predicted octanol–water partition coefficient (Wildman–Crippen LogP) is 1.23. The SMILES string of the molecule is COc1cc(S(=O)(=O)N(C)OC)c(Cl)cc1C(=O)O. The lowest BCUT2D eigenvalue weighted by molar-refractivity contribution is -0.0258. The molecule has 0 aromatic heterocycles. The van der Waals surface area contributed by atoms with E-state index in [1.165, 1.54) is 21.3 Å². The largest absolute Gasteiger partial charge is 0.496 e. The molecule has 0 saturated carbocycles. The highest BCUT2D eigenvalue weighted by Crippen LogP contribution is 2.31. The quantitative estimate of drug-likeness (QED) is 0.822. The molecule has 0 fully saturated rings. The van der Waals surface area contributed by atoms with Crippen molar-refractivity contribution in [3.05, 3.63) is 22.7 Å². The highest BCUT2D eigenvalue weighted by molar-refractivity contribution is 7.89. The number of aromatic carboxylic acids is 1. The van der Waals surface area contributed by atoms with Crippen molar-refractivity contribution in [1.29, 1.82) is 0 Å². The molecule has 0 aliphatic heterocycles. The fraction of sp³-hybridized carbons (Fsp3) is 0.300. The Hall–Kier alpha value is -1.35. The number of carboxylic acids is 1. The van der Waals surface area contributed by atoms with E-state index in [0.29, 0.717) is 4.47 Å². The van der Waals surface area contributed by atoms with Crippen LogP contribution in [0.2, 0.25) is 5.02 Å². The third-order valence-electron chi connectivity index (χ3n) is 2.36. The Morgan fingerprint density at radius 3 is 2.37 bits per heavy atom. The zero-order valence-corrected chi connectivity index (χ0v) is 11.9. The maximum Gasteiger partial charge on any atom is 0.339 e. The number of carboxylic acid groups (broad SMARTS) is 1. The normalized spacial score (nSPS) is 11.6. The summed E-state index contributed by atoms with van der Waals surface area (Å²) in [6.45, 7) is 0. The lowest BCUT2D eigenvalue weighted by Crippen LogP contribution is -2.26. The number of nitrogens with zero attached hydrogens (tertiary/aromatic N) is 1. The summed E-state index contributed by atoms with van der Waals surface area (Å²) in [5.74, 6) is -1.39. The van der Waals surface area contributed by atoms with Gasteiger partial charge in [0.1, 0.15) is 16.2 Å². The van der Waals surface area contributed by atoms with Crippen LogP contribution in [0.4, 0.5) is 0 Å². The van der Waals surface area contributed by atoms with E-state index in [0.717, 1.165) is 12.1 Å². The maximum atomic E-state index is 12.0. The molecule has 0 heterocycles. The van der Waals surface area contributed by atoms with Crippen LogP contribution in [0.15, 0.2) is 17.0 Å². The summed E-state index contributed by atoms with van der Waals surface area (Å²) < 4.78 is 29.5. The summed E-state index contributed by atoms with van der Waals surface area (Å²) in [5.41, 5.74) is -0.230. The molecular weight excluding hydrogens is 298 g/mol. The maximum absolute atomic E-state index is 12.0. The van der Waals surface area contributed by atoms with E-state index in [-0.39, 0.29) is 21.2 Å². The molecule has 1 rings (SSSR count). The van der Waals surface area contributed by atoms with E-state index in [1.807, 2.05) is 0 Å². The number of hydroxylamine groups is 1. The second-order valence-electron chi connectivity index (χ2n) is 3.39. The van der Waals surface area contributed by atoms with Crippen LogP contribution in [0, 0.1) is 0 Å². The number of benzene rings is 1. The Bertz CT molecular complexity index is 600. The zero-order valence-electron chi connectivity index (χ0n) is 10.4. The van der Waals surface area contributed by atoms with Crippen molar-refractivity contribution in [2.45, 2.75) is 4.90 Å². The zero-order chi connectivity index (χ0) is 14.8. The van der Waals surface area contributed by atoms with Crippen molar-refractivity contribution in [3.63, 3.8) is 0 Å². The lowest BCUT2D eigenvalue weighted by Gasteiger charge is -2.16. The van der Waals surface area contributed by atoms with Gasteiger partial charge in [-0.25, -0.2) is 13.2 Å². The van der Waals surface area contributed by atoms with Gasteiger partial charge in [0.05, 0.1) is 19.2 Å². The summed E-state index contributed by atoms with van der Waals surface area (Å²) >= 11 is 5.81. The van der Waals surface area contributed by atoms with E-state index in [4.69, 9.17) is 21.4 Å². The minimum absolute atomic E-state index is 0.111. The number of rotatable bonds is 5. The highest BCUT2D eigenvalue weighted by Gasteiger charge is 2.27. The Labute approximate surface area is 115 Å². The monoisotopic (exact) mass is 309 g/mol. The summed E-state index contributed by atoms with van der Waals surface area (Å²) in [4.78, 5) is 15.3. The first-order valence-electron chi connectivity index (χ1n) is 4.89. The molecule has 0 saturated heterocycles. The van der Waals surface area contributed by atoms with Gasteiger partial charge in [0.15, 0.2) is 0 Å². The molecule has 0 aliphatic carbocycles. The second kappa shape index (κ2) is 5.74. The molecular formula is C10H12ClNO6S. The van der Waals surface area contributed by atoms with Crippen LogP contribution in [0.25, 0.3) is 0 Å². The van der Waals surface area contributed by atoms with Gasteiger partial charge in [-0.05, 0) is 6.07 Å². The van der Waals surface area contributed by atoms with E-state index >= 15 is 0 Å². The number of hydrogen-bond donors (Lipinski definition) is 1. The van der Waals surface area contributed by atoms with Gasteiger partial charge in [0.2, 0.25) is 0 Å². The van der Waals surface area contributed by atoms with E-state index in [2.05, 4.69) is 4.84 Å². The van der Waals surface area contributed by atoms with E-state index in [9.17, 15) is 13.2 Å². The Morgan fingerprint density at radius 1 is 1.37 bits per heavy atom. The lowest BCUT2D eigenvalue weighted by atomic mass is 10.2. The molecule has 1 N–H and O–H groups in total. The van der Waals surface area contributed by atoms with Gasteiger partial charge < -0.3 is 9.84 Å². The van der Waals surface area contributed by atoms with Crippen molar-refractivity contribution in [2.75, 3.05) is 21.3 Å². The summed E-state index contributed by atoms with van der Waals surface area (Å²) in [6.07, 6.45) is 0. The molecule has 0 amide bonds. The van der Waals surface area contributed by atoms with Gasteiger partial charge in [0, 0.05) is 13.1 Å². The number of methoxy groups -OCH3 is 1. The van der Waals surface area contributed by atoms with Crippen LogP contribution in [0.5, 0.6) is 5.75 Å². The van der Waals surface area contributed by atoms with E-state index < -0.39 is 16.0 Å². The number of carbonyl (C=O) groups is 1. The molecule has 0 radical (unpaired) electrons. The topological polar surface area (TPSA) is 93.1 Å². The van der Waals surface area contributed by atoms with Gasteiger partial charge in [-0.15, -0.1) is 0 Å². The Morgan fingerprint density at radius 2 is 1.95 bits per heavy atom. The summed E-state index contributed by atoms with van der Waals surface area (Å²) in [7, 11) is -0.402. The summed E-state index contributed by atoms with van der Waals surface area (Å²) in [5, 5.41) is 8.71. The van der Waals surface area contributed by atoms with Crippen LogP contribution in [-0.4, -0.2) is 45.2 Å². The van der Waals surface area contributed by atoms with Crippen LogP contribution in [0.3, 0.4) is 0 Å². The highest BCUT2D eigenvalue weighted by atomic mass is 35.5. The van der Waals surface area contributed by atoms with E-state index in [1.54, 1.807) is 0 Å². The molecule has 0 spiro atoms. The minimum atomic E-state index is -3.99. The number of hydrogen-bond acceptors (Lipinski definition) is 5. The number of halogens is 1. The molecule has 0 unspecified atom stereocenters. The van der Waals surface area contributed by atoms with Crippen molar-refractivity contribution in [1.82, 2.24) is 4.47 Å². The molecule has 106 valence electrons. The first-order valence-corrected chi connectivity index (χ1v) is 6.71. The molecule has 1 aromatic carbocycles. The Kier molecular flexibility index (Phi) is 4.75. The molecule has 9 heteroatoms.